The van der Waals surface area contributed by atoms with Crippen LogP contribution >= 0.6 is 15.9 Å². The summed E-state index contributed by atoms with van der Waals surface area (Å²) in [6, 6.07) is 17.2. The van der Waals surface area contributed by atoms with E-state index in [-0.39, 0.29) is 24.2 Å². The molecule has 1 atom stereocenters. The van der Waals surface area contributed by atoms with Gasteiger partial charge in [0.2, 0.25) is 11.8 Å². The minimum Gasteiger partial charge on any atom is -0.352 e. The fourth-order valence-electron chi connectivity index (χ4n) is 3.40. The van der Waals surface area contributed by atoms with E-state index in [1.54, 1.807) is 15.8 Å². The van der Waals surface area contributed by atoms with Gasteiger partial charge in [-0.15, -0.1) is 0 Å². The number of para-hydroxylation sites is 1. The van der Waals surface area contributed by atoms with Gasteiger partial charge in [0, 0.05) is 42.1 Å². The molecule has 0 radical (unpaired) electrons. The lowest BCUT2D eigenvalue weighted by Crippen LogP contribution is -2.32. The lowest BCUT2D eigenvalue weighted by molar-refractivity contribution is -0.126. The Morgan fingerprint density at radius 1 is 1.18 bits per heavy atom. The summed E-state index contributed by atoms with van der Waals surface area (Å²) in [7, 11) is 0. The Labute approximate surface area is 171 Å². The number of aromatic nitrogens is 2. The molecule has 2 heterocycles. The number of halogens is 1. The van der Waals surface area contributed by atoms with Crippen LogP contribution in [0.2, 0.25) is 0 Å². The maximum Gasteiger partial charge on any atom is 0.227 e. The van der Waals surface area contributed by atoms with Crippen molar-refractivity contribution in [1.82, 2.24) is 15.1 Å². The summed E-state index contributed by atoms with van der Waals surface area (Å²) < 4.78 is 2.68. The molecule has 28 heavy (non-hydrogen) atoms. The summed E-state index contributed by atoms with van der Waals surface area (Å²) in [6.45, 7) is 0.776. The first-order valence-electron chi connectivity index (χ1n) is 9.03. The first-order valence-corrected chi connectivity index (χ1v) is 9.82. The van der Waals surface area contributed by atoms with Crippen LogP contribution in [0.25, 0.3) is 5.69 Å². The van der Waals surface area contributed by atoms with E-state index in [9.17, 15) is 9.59 Å². The lowest BCUT2D eigenvalue weighted by Gasteiger charge is -2.17. The van der Waals surface area contributed by atoms with E-state index in [0.717, 1.165) is 21.4 Å². The van der Waals surface area contributed by atoms with Gasteiger partial charge < -0.3 is 10.2 Å². The molecule has 4 rings (SSSR count). The summed E-state index contributed by atoms with van der Waals surface area (Å²) in [5.74, 6) is -0.500. The van der Waals surface area contributed by atoms with Crippen molar-refractivity contribution in [2.75, 3.05) is 11.4 Å². The second-order valence-electron chi connectivity index (χ2n) is 6.68. The number of amides is 2. The second kappa shape index (κ2) is 7.98. The molecule has 0 saturated carbocycles. The summed E-state index contributed by atoms with van der Waals surface area (Å²) in [6.07, 6.45) is 3.81. The van der Waals surface area contributed by atoms with Crippen LogP contribution in [-0.4, -0.2) is 28.1 Å². The SMILES string of the molecule is O=C(NCc1ccccc1-n1cccn1)C1CC(=O)N(c2cccc(Br)c2)C1. The molecular weight excluding hydrogens is 420 g/mol. The number of carbonyl (C=O) groups excluding carboxylic acids is 2. The number of nitrogens with one attached hydrogen (secondary N) is 1. The highest BCUT2D eigenvalue weighted by Gasteiger charge is 2.35. The first-order chi connectivity index (χ1) is 13.6. The van der Waals surface area contributed by atoms with Gasteiger partial charge in [0.05, 0.1) is 11.6 Å². The van der Waals surface area contributed by atoms with Gasteiger partial charge in [0.15, 0.2) is 0 Å². The fourth-order valence-corrected chi connectivity index (χ4v) is 3.79. The van der Waals surface area contributed by atoms with E-state index >= 15 is 0 Å². The van der Waals surface area contributed by atoms with Crippen LogP contribution in [0, 0.1) is 5.92 Å². The number of nitrogens with zero attached hydrogens (tertiary/aromatic N) is 3. The molecule has 2 aromatic carbocycles. The standard InChI is InChI=1S/C21H19BrN4O2/c22-17-6-3-7-18(12-17)25-14-16(11-20(25)27)21(28)23-13-15-5-1-2-8-19(15)26-10-4-9-24-26/h1-10,12,16H,11,13-14H2,(H,23,28). The van der Waals surface area contributed by atoms with Gasteiger partial charge in [0.25, 0.3) is 0 Å². The highest BCUT2D eigenvalue weighted by atomic mass is 79.9. The maximum atomic E-state index is 12.7. The zero-order chi connectivity index (χ0) is 19.5. The molecule has 1 aliphatic rings. The first kappa shape index (κ1) is 18.4. The normalized spacial score (nSPS) is 16.4. The molecular formula is C21H19BrN4O2. The van der Waals surface area contributed by atoms with Gasteiger partial charge in [-0.25, -0.2) is 4.68 Å². The zero-order valence-electron chi connectivity index (χ0n) is 15.1. The minimum absolute atomic E-state index is 0.0322. The molecule has 2 amide bonds. The Morgan fingerprint density at radius 2 is 2.04 bits per heavy atom. The Hall–Kier alpha value is -2.93. The smallest absolute Gasteiger partial charge is 0.227 e. The molecule has 0 spiro atoms. The highest BCUT2D eigenvalue weighted by molar-refractivity contribution is 9.10. The van der Waals surface area contributed by atoms with E-state index in [1.165, 1.54) is 0 Å². The number of hydrogen-bond donors (Lipinski definition) is 1. The number of carbonyl (C=O) groups is 2. The minimum atomic E-state index is -0.358. The van der Waals surface area contributed by atoms with Crippen molar-refractivity contribution in [3.05, 3.63) is 77.0 Å². The monoisotopic (exact) mass is 438 g/mol. The molecule has 6 nitrogen and oxygen atoms in total. The van der Waals surface area contributed by atoms with Gasteiger partial charge in [-0.3, -0.25) is 9.59 Å². The number of anilines is 1. The summed E-state index contributed by atoms with van der Waals surface area (Å²) in [4.78, 5) is 26.8. The maximum absolute atomic E-state index is 12.7. The molecule has 3 aromatic rings. The Kier molecular flexibility index (Phi) is 5.25. The van der Waals surface area contributed by atoms with E-state index < -0.39 is 0 Å². The van der Waals surface area contributed by atoms with Crippen molar-refractivity contribution in [1.29, 1.82) is 0 Å². The third-order valence-electron chi connectivity index (χ3n) is 4.81. The molecule has 7 heteroatoms. The summed E-state index contributed by atoms with van der Waals surface area (Å²) >= 11 is 3.42. The average molecular weight is 439 g/mol. The molecule has 1 unspecified atom stereocenters. The van der Waals surface area contributed by atoms with Crippen molar-refractivity contribution in [3.63, 3.8) is 0 Å². The predicted octanol–water partition coefficient (Wildman–Crippen LogP) is 3.30. The van der Waals surface area contributed by atoms with E-state index in [4.69, 9.17) is 0 Å². The molecule has 1 N–H and O–H groups in total. The largest absolute Gasteiger partial charge is 0.352 e. The highest BCUT2D eigenvalue weighted by Crippen LogP contribution is 2.27. The Balaban J connectivity index is 1.42. The molecule has 0 aliphatic carbocycles. The van der Waals surface area contributed by atoms with Crippen LogP contribution in [-0.2, 0) is 16.1 Å². The van der Waals surface area contributed by atoms with Crippen molar-refractivity contribution in [2.45, 2.75) is 13.0 Å². The molecule has 1 fully saturated rings. The molecule has 142 valence electrons. The lowest BCUT2D eigenvalue weighted by atomic mass is 10.1. The Bertz CT molecular complexity index is 1000. The van der Waals surface area contributed by atoms with Gasteiger partial charge in [-0.2, -0.15) is 5.10 Å². The third kappa shape index (κ3) is 3.84. The molecule has 1 saturated heterocycles. The number of benzene rings is 2. The van der Waals surface area contributed by atoms with Gasteiger partial charge in [-0.05, 0) is 35.9 Å². The van der Waals surface area contributed by atoms with Gasteiger partial charge in [-0.1, -0.05) is 40.2 Å². The quantitative estimate of drug-likeness (QED) is 0.664. The van der Waals surface area contributed by atoms with Crippen molar-refractivity contribution in [2.24, 2.45) is 5.92 Å². The van der Waals surface area contributed by atoms with Gasteiger partial charge in [0.1, 0.15) is 0 Å². The van der Waals surface area contributed by atoms with Crippen LogP contribution < -0.4 is 10.2 Å². The van der Waals surface area contributed by atoms with E-state index in [2.05, 4.69) is 26.3 Å². The van der Waals surface area contributed by atoms with Crippen molar-refractivity contribution in [3.8, 4) is 5.69 Å². The average Bonchev–Trinajstić information content (AvgIpc) is 3.36. The zero-order valence-corrected chi connectivity index (χ0v) is 16.7. The van der Waals surface area contributed by atoms with Crippen LogP contribution in [0.4, 0.5) is 5.69 Å². The van der Waals surface area contributed by atoms with Gasteiger partial charge >= 0.3 is 0 Å². The van der Waals surface area contributed by atoms with Crippen molar-refractivity contribution < 1.29 is 9.59 Å². The van der Waals surface area contributed by atoms with Crippen LogP contribution in [0.3, 0.4) is 0 Å². The number of hydrogen-bond acceptors (Lipinski definition) is 3. The number of rotatable bonds is 5. The Morgan fingerprint density at radius 3 is 2.82 bits per heavy atom. The molecule has 1 aromatic heterocycles. The molecule has 1 aliphatic heterocycles. The van der Waals surface area contributed by atoms with Crippen molar-refractivity contribution >= 4 is 33.4 Å². The topological polar surface area (TPSA) is 67.2 Å². The van der Waals surface area contributed by atoms with E-state index in [1.807, 2.05) is 60.8 Å². The summed E-state index contributed by atoms with van der Waals surface area (Å²) in [5.41, 5.74) is 2.69. The van der Waals surface area contributed by atoms with Crippen LogP contribution in [0.1, 0.15) is 12.0 Å². The van der Waals surface area contributed by atoms with E-state index in [0.29, 0.717) is 13.1 Å². The second-order valence-corrected chi connectivity index (χ2v) is 7.60. The van der Waals surface area contributed by atoms with Crippen LogP contribution in [0.15, 0.2) is 71.5 Å². The molecule has 0 bridgehead atoms. The third-order valence-corrected chi connectivity index (χ3v) is 5.30. The van der Waals surface area contributed by atoms with Crippen LogP contribution in [0.5, 0.6) is 0 Å². The summed E-state index contributed by atoms with van der Waals surface area (Å²) in [5, 5.41) is 7.24. The fraction of sp³-hybridized carbons (Fsp3) is 0.190. The predicted molar refractivity (Wildman–Crippen MR) is 110 cm³/mol.